The smallest absolute Gasteiger partial charge is 0.413 e. The fourth-order valence-electron chi connectivity index (χ4n) is 7.74. The van der Waals surface area contributed by atoms with Crippen LogP contribution >= 0.6 is 0 Å². The van der Waals surface area contributed by atoms with Crippen LogP contribution in [0.5, 0.6) is 5.75 Å². The Morgan fingerprint density at radius 2 is 1.72 bits per heavy atom. The predicted octanol–water partition coefficient (Wildman–Crippen LogP) is 3.24. The summed E-state index contributed by atoms with van der Waals surface area (Å²) >= 11 is 0. The first-order chi connectivity index (χ1) is 23.7. The SMILES string of the molecule is CCCN(CC(=O)Nc1cc(N(C)C)c2c(c1O)C(O)=C1C(=O)C3C(O)=C(C(N)=O)C(=O)CC3CC1C2)C(=O)OCOC(=O)C1CCCCC1. The summed E-state index contributed by atoms with van der Waals surface area (Å²) < 4.78 is 10.3. The van der Waals surface area contributed by atoms with Gasteiger partial charge in [-0.25, -0.2) is 4.79 Å². The Labute approximate surface area is 289 Å². The van der Waals surface area contributed by atoms with Gasteiger partial charge < -0.3 is 40.7 Å². The molecule has 15 heteroatoms. The van der Waals surface area contributed by atoms with Gasteiger partial charge in [0.15, 0.2) is 11.6 Å². The molecule has 1 aromatic rings. The maximum absolute atomic E-state index is 13.8. The van der Waals surface area contributed by atoms with Crippen molar-refractivity contribution < 1.29 is 53.6 Å². The molecule has 0 aliphatic heterocycles. The van der Waals surface area contributed by atoms with Gasteiger partial charge in [-0.2, -0.15) is 0 Å². The number of hydrogen-bond donors (Lipinski definition) is 5. The lowest BCUT2D eigenvalue weighted by Gasteiger charge is -2.41. The van der Waals surface area contributed by atoms with Crippen molar-refractivity contribution in [2.75, 3.05) is 44.2 Å². The second-order valence-electron chi connectivity index (χ2n) is 13.6. The van der Waals surface area contributed by atoms with Crippen molar-refractivity contribution in [1.82, 2.24) is 4.90 Å². The topological polar surface area (TPSA) is 226 Å². The molecule has 4 aliphatic rings. The summed E-state index contributed by atoms with van der Waals surface area (Å²) in [5, 5.41) is 36.4. The van der Waals surface area contributed by atoms with Crippen LogP contribution in [0.3, 0.4) is 0 Å². The number of Topliss-reactive ketones (excluding diaryl/α,β-unsaturated/α-hetero) is 2. The molecule has 0 radical (unpaired) electrons. The fraction of sp³-hybridized carbons (Fsp3) is 0.543. The van der Waals surface area contributed by atoms with Crippen molar-refractivity contribution in [3.63, 3.8) is 0 Å². The summed E-state index contributed by atoms with van der Waals surface area (Å²) in [6.07, 6.45) is 4.30. The molecule has 0 bridgehead atoms. The number of aromatic hydroxyl groups is 1. The molecule has 3 unspecified atom stereocenters. The van der Waals surface area contributed by atoms with Crippen molar-refractivity contribution in [3.05, 3.63) is 34.1 Å². The number of carbonyl (C=O) groups is 6. The number of primary amides is 1. The molecule has 2 saturated carbocycles. The van der Waals surface area contributed by atoms with Crippen molar-refractivity contribution in [2.45, 2.75) is 64.7 Å². The summed E-state index contributed by atoms with van der Waals surface area (Å²) in [6.45, 7) is 0.885. The average Bonchev–Trinajstić information content (AvgIpc) is 3.05. The lowest BCUT2D eigenvalue weighted by Crippen LogP contribution is -2.44. The van der Waals surface area contributed by atoms with Gasteiger partial charge in [0, 0.05) is 38.3 Å². The molecule has 0 heterocycles. The molecule has 3 amide bonds. The highest BCUT2D eigenvalue weighted by atomic mass is 16.7. The predicted molar refractivity (Wildman–Crippen MR) is 179 cm³/mol. The number of rotatable bonds is 10. The zero-order valence-corrected chi connectivity index (χ0v) is 28.5. The Hall–Kier alpha value is -5.08. The van der Waals surface area contributed by atoms with Crippen LogP contribution in [0.15, 0.2) is 23.0 Å². The highest BCUT2D eigenvalue weighted by molar-refractivity contribution is 6.21. The Kier molecular flexibility index (Phi) is 10.7. The number of anilines is 2. The lowest BCUT2D eigenvalue weighted by molar-refractivity contribution is -0.158. The van der Waals surface area contributed by atoms with Gasteiger partial charge >= 0.3 is 12.1 Å². The number of hydrogen-bond acceptors (Lipinski definition) is 12. The number of fused-ring (bicyclic) bond motifs is 3. The molecule has 15 nitrogen and oxygen atoms in total. The molecular formula is C35H44N4O11. The van der Waals surface area contributed by atoms with E-state index in [1.165, 1.54) is 6.07 Å². The molecule has 50 heavy (non-hydrogen) atoms. The largest absolute Gasteiger partial charge is 0.511 e. The van der Waals surface area contributed by atoms with Gasteiger partial charge in [-0.3, -0.25) is 28.9 Å². The summed E-state index contributed by atoms with van der Waals surface area (Å²) in [7, 11) is 3.45. The number of phenols is 1. The van der Waals surface area contributed by atoms with E-state index in [9.17, 15) is 44.1 Å². The number of amides is 3. The maximum atomic E-state index is 13.8. The van der Waals surface area contributed by atoms with E-state index >= 15 is 0 Å². The Bertz CT molecular complexity index is 1670. The molecule has 2 fully saturated rings. The summed E-state index contributed by atoms with van der Waals surface area (Å²) in [6, 6.07) is 1.52. The van der Waals surface area contributed by atoms with Crippen molar-refractivity contribution in [3.8, 4) is 5.75 Å². The number of nitrogens with one attached hydrogen (secondary N) is 1. The highest BCUT2D eigenvalue weighted by Crippen LogP contribution is 2.52. The first-order valence-electron chi connectivity index (χ1n) is 16.9. The third-order valence-electron chi connectivity index (χ3n) is 10.0. The van der Waals surface area contributed by atoms with Crippen molar-refractivity contribution in [2.24, 2.45) is 29.4 Å². The highest BCUT2D eigenvalue weighted by Gasteiger charge is 2.51. The van der Waals surface area contributed by atoms with Gasteiger partial charge in [0.1, 0.15) is 29.4 Å². The lowest BCUT2D eigenvalue weighted by atomic mass is 9.61. The van der Waals surface area contributed by atoms with Gasteiger partial charge in [0.25, 0.3) is 5.91 Å². The second kappa shape index (κ2) is 14.8. The first-order valence-corrected chi connectivity index (χ1v) is 16.9. The number of benzene rings is 1. The van der Waals surface area contributed by atoms with Gasteiger partial charge in [-0.05, 0) is 55.6 Å². The van der Waals surface area contributed by atoms with Crippen LogP contribution < -0.4 is 16.0 Å². The molecule has 4 aliphatic carbocycles. The van der Waals surface area contributed by atoms with Crippen LogP contribution in [0.4, 0.5) is 16.2 Å². The Balaban J connectivity index is 1.36. The van der Waals surface area contributed by atoms with Gasteiger partial charge in [0.2, 0.25) is 12.7 Å². The van der Waals surface area contributed by atoms with E-state index < -0.39 is 89.4 Å². The van der Waals surface area contributed by atoms with E-state index in [1.807, 2.05) is 0 Å². The molecule has 0 spiro atoms. The van der Waals surface area contributed by atoms with E-state index in [1.54, 1.807) is 25.9 Å². The number of phenolic OH excluding ortho intramolecular Hbond substituents is 1. The molecular weight excluding hydrogens is 652 g/mol. The minimum Gasteiger partial charge on any atom is -0.511 e. The van der Waals surface area contributed by atoms with E-state index in [4.69, 9.17) is 15.2 Å². The summed E-state index contributed by atoms with van der Waals surface area (Å²) in [5.74, 6) is -8.03. The number of allylic oxidation sites excluding steroid dienone is 2. The second-order valence-corrected chi connectivity index (χ2v) is 13.6. The van der Waals surface area contributed by atoms with Crippen molar-refractivity contribution >= 4 is 52.6 Å². The third-order valence-corrected chi connectivity index (χ3v) is 10.0. The van der Waals surface area contributed by atoms with Crippen LogP contribution in [0.25, 0.3) is 5.76 Å². The van der Waals surface area contributed by atoms with Crippen LogP contribution in [0.2, 0.25) is 0 Å². The molecule has 6 N–H and O–H groups in total. The number of nitrogens with zero attached hydrogens (tertiary/aromatic N) is 2. The molecule has 1 aromatic carbocycles. The van der Waals surface area contributed by atoms with Crippen molar-refractivity contribution in [1.29, 1.82) is 0 Å². The monoisotopic (exact) mass is 696 g/mol. The first kappa shape index (κ1) is 36.2. The molecule has 0 saturated heterocycles. The van der Waals surface area contributed by atoms with Gasteiger partial charge in [-0.15, -0.1) is 0 Å². The van der Waals surface area contributed by atoms with E-state index in [2.05, 4.69) is 5.32 Å². The standard InChI is InChI=1S/C35H44N4O11/c1-4-10-39(35(48)50-16-49-34(47)17-8-6-5-7-9-17)15-24(41)37-21-14-22(38(2)3)20-12-18-11-19-13-23(40)28(33(36)46)32(45)26(19)30(43)25(18)31(44)27(20)29(21)42/h14,17-19,26,42,44-45H,4-13,15-16H2,1-3H3,(H2,36,46)(H,37,41). The molecule has 0 aromatic heterocycles. The number of aliphatic hydroxyl groups is 2. The zero-order chi connectivity index (χ0) is 36.4. The maximum Gasteiger partial charge on any atom is 0.413 e. The van der Waals surface area contributed by atoms with Crippen LogP contribution in [0.1, 0.15) is 69.4 Å². The van der Waals surface area contributed by atoms with E-state index in [0.29, 0.717) is 17.7 Å². The minimum absolute atomic E-state index is 0.0620. The Morgan fingerprint density at radius 1 is 1.02 bits per heavy atom. The van der Waals surface area contributed by atoms with Gasteiger partial charge in [-0.1, -0.05) is 26.2 Å². The van der Waals surface area contributed by atoms with Crippen LogP contribution in [0, 0.1) is 23.7 Å². The number of carbonyl (C=O) groups excluding carboxylic acids is 6. The molecule has 3 atom stereocenters. The molecule has 270 valence electrons. The summed E-state index contributed by atoms with van der Waals surface area (Å²) in [5.41, 5.74) is 5.47. The fourth-order valence-corrected chi connectivity index (χ4v) is 7.74. The number of aliphatic hydroxyl groups excluding tert-OH is 2. The molecule has 5 rings (SSSR count). The van der Waals surface area contributed by atoms with Crippen LogP contribution in [-0.2, 0) is 39.9 Å². The average molecular weight is 697 g/mol. The Morgan fingerprint density at radius 3 is 2.36 bits per heavy atom. The van der Waals surface area contributed by atoms with Gasteiger partial charge in [0.05, 0.1) is 23.1 Å². The summed E-state index contributed by atoms with van der Waals surface area (Å²) in [4.78, 5) is 79.6. The van der Waals surface area contributed by atoms with E-state index in [-0.39, 0.29) is 48.5 Å². The van der Waals surface area contributed by atoms with Crippen LogP contribution in [-0.4, -0.2) is 89.6 Å². The third kappa shape index (κ3) is 6.98. The number of nitrogens with two attached hydrogens (primary N) is 1. The quantitative estimate of drug-likeness (QED) is 0.103. The zero-order valence-electron chi connectivity index (χ0n) is 28.5. The van der Waals surface area contributed by atoms with E-state index in [0.717, 1.165) is 37.0 Å². The normalized spacial score (nSPS) is 21.9. The number of ketones is 2. The number of esters is 1. The minimum atomic E-state index is -1.26. The number of ether oxygens (including phenoxy) is 2.